The van der Waals surface area contributed by atoms with Crippen LogP contribution in [0.5, 0.6) is 0 Å². The molecule has 168 valence electrons. The van der Waals surface area contributed by atoms with Crippen molar-refractivity contribution in [1.29, 1.82) is 0 Å². The highest BCUT2D eigenvalue weighted by Gasteiger charge is 2.47. The van der Waals surface area contributed by atoms with Crippen LogP contribution in [0.25, 0.3) is 15.8 Å². The average molecular weight is 485 g/mol. The van der Waals surface area contributed by atoms with E-state index >= 15 is 0 Å². The van der Waals surface area contributed by atoms with E-state index in [9.17, 15) is 23.3 Å². The number of hydrogen-bond acceptors (Lipinski definition) is 10. The van der Waals surface area contributed by atoms with Gasteiger partial charge in [0.25, 0.3) is 11.2 Å². The van der Waals surface area contributed by atoms with Crippen molar-refractivity contribution in [3.63, 3.8) is 0 Å². The normalized spacial score (nSPS) is 14.8. The van der Waals surface area contributed by atoms with E-state index in [0.717, 1.165) is 48.3 Å². The van der Waals surface area contributed by atoms with Crippen molar-refractivity contribution >= 4 is 42.1 Å². The quantitative estimate of drug-likeness (QED) is 0.322. The lowest BCUT2D eigenvalue weighted by atomic mass is 10.2. The molecule has 1 aliphatic carbocycles. The Morgan fingerprint density at radius 2 is 1.94 bits per heavy atom. The van der Waals surface area contributed by atoms with Crippen LogP contribution in [0.1, 0.15) is 18.5 Å². The van der Waals surface area contributed by atoms with Crippen LogP contribution in [-0.4, -0.2) is 39.6 Å². The highest BCUT2D eigenvalue weighted by molar-refractivity contribution is 7.90. The van der Waals surface area contributed by atoms with Crippen LogP contribution in [0.2, 0.25) is 0 Å². The Morgan fingerprint density at radius 1 is 1.21 bits per heavy atom. The van der Waals surface area contributed by atoms with Gasteiger partial charge in [0.05, 0.1) is 32.6 Å². The van der Waals surface area contributed by atoms with Gasteiger partial charge in [-0.1, -0.05) is 34.7 Å². The van der Waals surface area contributed by atoms with Crippen molar-refractivity contribution in [2.45, 2.75) is 23.3 Å². The number of para-hydroxylation sites is 1. The second kappa shape index (κ2) is 7.42. The molecule has 4 aromatic rings. The molecule has 0 radical (unpaired) electrons. The second-order valence-electron chi connectivity index (χ2n) is 7.76. The van der Waals surface area contributed by atoms with Gasteiger partial charge < -0.3 is 5.32 Å². The predicted octanol–water partition coefficient (Wildman–Crippen LogP) is 2.65. The topological polar surface area (TPSA) is 150 Å². The molecule has 0 aliphatic heterocycles. The standard InChI is InChI=1S/C20H16N6O5S2/c1-33(30,31)13-9-14-17(15(10-13)26(28)29)32-19(21-18(14)27)22-20(7-8-20)16-11-25(24-23-16)12-5-3-2-4-6-12/h2-6,9-11H,7-8H2,1H3,(H,21,22,27). The zero-order valence-corrected chi connectivity index (χ0v) is 18.8. The number of benzene rings is 2. The molecule has 1 N–H and O–H groups in total. The van der Waals surface area contributed by atoms with Crippen LogP contribution in [0.4, 0.5) is 10.8 Å². The second-order valence-corrected chi connectivity index (χ2v) is 10.8. The molecule has 2 aromatic carbocycles. The Hall–Kier alpha value is -3.71. The fourth-order valence-corrected chi connectivity index (χ4v) is 5.21. The first-order chi connectivity index (χ1) is 15.7. The molecule has 13 heteroatoms. The number of nitro groups is 1. The summed E-state index contributed by atoms with van der Waals surface area (Å²) in [5.41, 5.74) is -0.283. The smallest absolute Gasteiger partial charge is 0.288 e. The van der Waals surface area contributed by atoms with E-state index in [-0.39, 0.29) is 20.1 Å². The number of rotatable bonds is 6. The molecule has 0 bridgehead atoms. The van der Waals surface area contributed by atoms with E-state index in [1.165, 1.54) is 0 Å². The molecule has 2 heterocycles. The summed E-state index contributed by atoms with van der Waals surface area (Å²) in [6, 6.07) is 11.6. The number of nitro benzene ring substituents is 1. The number of anilines is 1. The summed E-state index contributed by atoms with van der Waals surface area (Å²) in [7, 11) is -3.75. The summed E-state index contributed by atoms with van der Waals surface area (Å²) >= 11 is 0.926. The van der Waals surface area contributed by atoms with Crippen molar-refractivity contribution in [2.24, 2.45) is 0 Å². The summed E-state index contributed by atoms with van der Waals surface area (Å²) in [5, 5.41) is 23.4. The van der Waals surface area contributed by atoms with Crippen LogP contribution in [0.15, 0.2) is 58.4 Å². The molecule has 11 nitrogen and oxygen atoms in total. The van der Waals surface area contributed by atoms with E-state index in [2.05, 4.69) is 20.6 Å². The largest absolute Gasteiger partial charge is 0.350 e. The van der Waals surface area contributed by atoms with E-state index < -0.39 is 31.5 Å². The Bertz CT molecular complexity index is 1580. The van der Waals surface area contributed by atoms with E-state index in [1.54, 1.807) is 10.9 Å². The summed E-state index contributed by atoms with van der Waals surface area (Å²) in [4.78, 5) is 27.3. The molecule has 0 unspecified atom stereocenters. The average Bonchev–Trinajstić information content (AvgIpc) is 3.36. The molecule has 0 atom stereocenters. The Morgan fingerprint density at radius 3 is 2.58 bits per heavy atom. The van der Waals surface area contributed by atoms with E-state index in [1.807, 2.05) is 30.3 Å². The zero-order valence-electron chi connectivity index (χ0n) is 17.1. The van der Waals surface area contributed by atoms with Gasteiger partial charge in [0.2, 0.25) is 0 Å². The number of aromatic nitrogens is 4. The van der Waals surface area contributed by atoms with Crippen molar-refractivity contribution < 1.29 is 13.3 Å². The maximum absolute atomic E-state index is 12.7. The minimum atomic E-state index is -3.75. The Kier molecular flexibility index (Phi) is 4.76. The Balaban J connectivity index is 1.55. The van der Waals surface area contributed by atoms with Gasteiger partial charge in [-0.2, -0.15) is 4.98 Å². The molecular weight excluding hydrogens is 468 g/mol. The molecule has 2 aromatic heterocycles. The van der Waals surface area contributed by atoms with Gasteiger partial charge in [0, 0.05) is 12.3 Å². The molecule has 0 amide bonds. The minimum absolute atomic E-state index is 0.0543. The maximum Gasteiger partial charge on any atom is 0.288 e. The highest BCUT2D eigenvalue weighted by atomic mass is 32.2. The monoisotopic (exact) mass is 484 g/mol. The van der Waals surface area contributed by atoms with Gasteiger partial charge in [-0.25, -0.2) is 13.1 Å². The molecule has 33 heavy (non-hydrogen) atoms. The third-order valence-electron chi connectivity index (χ3n) is 5.40. The summed E-state index contributed by atoms with van der Waals surface area (Å²) < 4.78 is 25.5. The SMILES string of the molecule is CS(=O)(=O)c1cc([N+](=O)[O-])c2sc(NC3(c4cn(-c5ccccc5)nn4)CC3)nc(=O)c2c1. The molecule has 1 aliphatic rings. The third kappa shape index (κ3) is 3.85. The number of fused-ring (bicyclic) bond motifs is 1. The number of sulfone groups is 1. The van der Waals surface area contributed by atoms with Crippen LogP contribution < -0.4 is 10.9 Å². The number of nitrogens with one attached hydrogen (secondary N) is 1. The lowest BCUT2D eigenvalue weighted by Gasteiger charge is -2.14. The van der Waals surface area contributed by atoms with E-state index in [0.29, 0.717) is 5.69 Å². The maximum atomic E-state index is 12.7. The lowest BCUT2D eigenvalue weighted by Crippen LogP contribution is -2.21. The predicted molar refractivity (Wildman–Crippen MR) is 122 cm³/mol. The van der Waals surface area contributed by atoms with Gasteiger partial charge in [0.15, 0.2) is 15.0 Å². The molecular formula is C20H16N6O5S2. The lowest BCUT2D eigenvalue weighted by molar-refractivity contribution is -0.383. The first-order valence-corrected chi connectivity index (χ1v) is 12.5. The summed E-state index contributed by atoms with van der Waals surface area (Å²) in [5.74, 6) is 0. The first-order valence-electron chi connectivity index (χ1n) is 9.76. The van der Waals surface area contributed by atoms with Crippen molar-refractivity contribution in [3.05, 3.63) is 74.8 Å². The van der Waals surface area contributed by atoms with Gasteiger partial charge in [-0.3, -0.25) is 14.9 Å². The van der Waals surface area contributed by atoms with Gasteiger partial charge in [0.1, 0.15) is 10.4 Å². The number of non-ortho nitro benzene ring substituents is 1. The van der Waals surface area contributed by atoms with Crippen molar-refractivity contribution in [3.8, 4) is 5.69 Å². The fraction of sp³-hybridized carbons (Fsp3) is 0.200. The summed E-state index contributed by atoms with van der Waals surface area (Å²) in [6.45, 7) is 0. The minimum Gasteiger partial charge on any atom is -0.350 e. The van der Waals surface area contributed by atoms with Crippen LogP contribution >= 0.6 is 11.3 Å². The van der Waals surface area contributed by atoms with Crippen molar-refractivity contribution in [1.82, 2.24) is 20.0 Å². The Labute approximate surface area is 190 Å². The third-order valence-corrected chi connectivity index (χ3v) is 7.51. The van der Waals surface area contributed by atoms with Gasteiger partial charge in [-0.05, 0) is 31.0 Å². The van der Waals surface area contributed by atoms with Crippen LogP contribution in [0, 0.1) is 10.1 Å². The van der Waals surface area contributed by atoms with Crippen LogP contribution in [0.3, 0.4) is 0 Å². The van der Waals surface area contributed by atoms with Crippen molar-refractivity contribution in [2.75, 3.05) is 11.6 Å². The molecule has 1 saturated carbocycles. The molecule has 0 saturated heterocycles. The summed E-state index contributed by atoms with van der Waals surface area (Å²) in [6.07, 6.45) is 4.15. The number of nitrogens with zero attached hydrogens (tertiary/aromatic N) is 5. The fourth-order valence-electron chi connectivity index (χ4n) is 3.49. The van der Waals surface area contributed by atoms with Gasteiger partial charge in [-0.15, -0.1) is 5.10 Å². The van der Waals surface area contributed by atoms with Crippen LogP contribution in [-0.2, 0) is 15.4 Å². The first kappa shape index (κ1) is 21.2. The molecule has 1 fully saturated rings. The molecule has 0 spiro atoms. The van der Waals surface area contributed by atoms with E-state index in [4.69, 9.17) is 0 Å². The van der Waals surface area contributed by atoms with Gasteiger partial charge >= 0.3 is 0 Å². The highest BCUT2D eigenvalue weighted by Crippen LogP contribution is 2.48. The molecule has 5 rings (SSSR count). The number of hydrogen-bond donors (Lipinski definition) is 1. The zero-order chi connectivity index (χ0) is 23.4.